The van der Waals surface area contributed by atoms with Crippen LogP contribution in [0.15, 0.2) is 18.2 Å². The first-order valence-corrected chi connectivity index (χ1v) is 4.23. The number of nitrogen functional groups attached to an aromatic ring is 1. The molecule has 1 aromatic carbocycles. The number of nitrogens with two attached hydrogens (primary N) is 1. The quantitative estimate of drug-likeness (QED) is 0.330. The Kier molecular flexibility index (Phi) is 2.78. The van der Waals surface area contributed by atoms with Crippen LogP contribution in [0.4, 0.5) is 5.69 Å². The van der Waals surface area contributed by atoms with E-state index in [0.29, 0.717) is 5.69 Å². The Bertz CT molecular complexity index is 336. The second-order valence-electron chi connectivity index (χ2n) is 2.76. The second kappa shape index (κ2) is 3.66. The molecule has 1 atom stereocenters. The molecule has 0 radical (unpaired) electrons. The fourth-order valence-electron chi connectivity index (χ4n) is 0.965. The average molecular weight is 200 g/mol. The van der Waals surface area contributed by atoms with Crippen molar-refractivity contribution in [3.8, 4) is 5.75 Å². The van der Waals surface area contributed by atoms with Crippen molar-refractivity contribution < 1.29 is 9.90 Å². The Balaban J connectivity index is 3.13. The summed E-state index contributed by atoms with van der Waals surface area (Å²) in [5.74, 6) is -0.418. The zero-order valence-electron chi connectivity index (χ0n) is 7.12. The Morgan fingerprint density at radius 3 is 2.77 bits per heavy atom. The topological polar surface area (TPSA) is 63.3 Å². The first-order chi connectivity index (χ1) is 6.02. The molecule has 0 aliphatic carbocycles. The van der Waals surface area contributed by atoms with Crippen LogP contribution in [0, 0.1) is 0 Å². The molecule has 1 unspecified atom stereocenters. The third kappa shape index (κ3) is 2.12. The Morgan fingerprint density at radius 1 is 1.62 bits per heavy atom. The van der Waals surface area contributed by atoms with Crippen molar-refractivity contribution in [2.24, 2.45) is 0 Å². The van der Waals surface area contributed by atoms with Gasteiger partial charge in [-0.3, -0.25) is 4.79 Å². The molecule has 0 heterocycles. The molecule has 1 rings (SSSR count). The molecule has 3 N–H and O–H groups in total. The van der Waals surface area contributed by atoms with Crippen LogP contribution in [0.2, 0.25) is 0 Å². The van der Waals surface area contributed by atoms with Crippen molar-refractivity contribution in [1.29, 1.82) is 0 Å². The highest BCUT2D eigenvalue weighted by atomic mass is 35.5. The summed E-state index contributed by atoms with van der Waals surface area (Å²) in [6, 6.07) is 4.31. The lowest BCUT2D eigenvalue weighted by molar-refractivity contribution is 0.0989. The first kappa shape index (κ1) is 9.86. The summed E-state index contributed by atoms with van der Waals surface area (Å²) in [7, 11) is 0. The molecule has 0 fully saturated rings. The number of benzene rings is 1. The van der Waals surface area contributed by atoms with Gasteiger partial charge in [-0.2, -0.15) is 0 Å². The number of alkyl halides is 1. The number of carbonyl (C=O) groups excluding carboxylic acids is 1. The minimum Gasteiger partial charge on any atom is -0.507 e. The third-order valence-electron chi connectivity index (χ3n) is 1.65. The molecule has 0 aliphatic rings. The molecule has 0 aliphatic heterocycles. The number of carbonyl (C=O) groups is 1. The molecule has 0 aromatic heterocycles. The number of ketones is 1. The summed E-state index contributed by atoms with van der Waals surface area (Å²) in [4.78, 5) is 11.4. The van der Waals surface area contributed by atoms with Gasteiger partial charge in [0.25, 0.3) is 0 Å². The van der Waals surface area contributed by atoms with E-state index in [-0.39, 0.29) is 17.1 Å². The number of hydrogen-bond acceptors (Lipinski definition) is 3. The third-order valence-corrected chi connectivity index (χ3v) is 1.85. The summed E-state index contributed by atoms with van der Waals surface area (Å²) in [5.41, 5.74) is 6.06. The van der Waals surface area contributed by atoms with Gasteiger partial charge in [0.15, 0.2) is 5.78 Å². The van der Waals surface area contributed by atoms with Crippen molar-refractivity contribution >= 4 is 23.1 Å². The average Bonchev–Trinajstić information content (AvgIpc) is 2.08. The van der Waals surface area contributed by atoms with Crippen LogP contribution >= 0.6 is 11.6 Å². The maximum Gasteiger partial charge on any atom is 0.184 e. The molecule has 0 amide bonds. The number of anilines is 1. The van der Waals surface area contributed by atoms with Crippen molar-refractivity contribution in [2.45, 2.75) is 12.3 Å². The lowest BCUT2D eigenvalue weighted by Crippen LogP contribution is -2.10. The summed E-state index contributed by atoms with van der Waals surface area (Å²) < 4.78 is 0. The molecule has 13 heavy (non-hydrogen) atoms. The number of phenols is 1. The largest absolute Gasteiger partial charge is 0.507 e. The lowest BCUT2D eigenvalue weighted by Gasteiger charge is -2.05. The second-order valence-corrected chi connectivity index (χ2v) is 3.41. The fourth-order valence-corrected chi connectivity index (χ4v) is 1.08. The van der Waals surface area contributed by atoms with Gasteiger partial charge in [-0.05, 0) is 25.1 Å². The van der Waals surface area contributed by atoms with Gasteiger partial charge in [-0.15, -0.1) is 11.6 Å². The minimum atomic E-state index is -0.660. The van der Waals surface area contributed by atoms with E-state index in [1.165, 1.54) is 18.2 Å². The number of hydrogen-bond donors (Lipinski definition) is 2. The maximum absolute atomic E-state index is 11.4. The number of phenolic OH excluding ortho intramolecular Hbond substituents is 1. The summed E-state index contributed by atoms with van der Waals surface area (Å²) in [6.45, 7) is 1.55. The molecular weight excluding hydrogens is 190 g/mol. The van der Waals surface area contributed by atoms with Crippen LogP contribution in [0.3, 0.4) is 0 Å². The molecular formula is C9H10ClNO2. The number of Topliss-reactive ketones (excluding diaryl/α,β-unsaturated/α-hetero) is 1. The van der Waals surface area contributed by atoms with Crippen molar-refractivity contribution in [3.63, 3.8) is 0 Å². The van der Waals surface area contributed by atoms with Gasteiger partial charge in [0.2, 0.25) is 0 Å². The molecule has 0 saturated carbocycles. The van der Waals surface area contributed by atoms with E-state index < -0.39 is 5.38 Å². The van der Waals surface area contributed by atoms with Crippen LogP contribution < -0.4 is 5.73 Å². The molecule has 4 heteroatoms. The van der Waals surface area contributed by atoms with Gasteiger partial charge >= 0.3 is 0 Å². The van der Waals surface area contributed by atoms with E-state index in [2.05, 4.69) is 0 Å². The summed E-state index contributed by atoms with van der Waals surface area (Å²) >= 11 is 5.59. The highest BCUT2D eigenvalue weighted by Gasteiger charge is 2.16. The van der Waals surface area contributed by atoms with Crippen LogP contribution in [-0.2, 0) is 0 Å². The van der Waals surface area contributed by atoms with E-state index in [0.717, 1.165) is 0 Å². The zero-order chi connectivity index (χ0) is 10.0. The first-order valence-electron chi connectivity index (χ1n) is 3.79. The van der Waals surface area contributed by atoms with E-state index in [4.69, 9.17) is 17.3 Å². The van der Waals surface area contributed by atoms with Crippen molar-refractivity contribution in [2.75, 3.05) is 5.73 Å². The predicted molar refractivity (Wildman–Crippen MR) is 52.2 cm³/mol. The lowest BCUT2D eigenvalue weighted by atomic mass is 10.1. The van der Waals surface area contributed by atoms with Gasteiger partial charge in [0, 0.05) is 5.69 Å². The molecule has 1 aromatic rings. The van der Waals surface area contributed by atoms with Gasteiger partial charge in [0.1, 0.15) is 5.75 Å². The SMILES string of the molecule is CC(Cl)C(=O)c1cc(N)ccc1O. The Morgan fingerprint density at radius 2 is 2.23 bits per heavy atom. The van der Waals surface area contributed by atoms with Crippen LogP contribution in [0.1, 0.15) is 17.3 Å². The van der Waals surface area contributed by atoms with Crippen LogP contribution in [-0.4, -0.2) is 16.3 Å². The molecule has 0 spiro atoms. The van der Waals surface area contributed by atoms with Gasteiger partial charge in [-0.25, -0.2) is 0 Å². The standard InChI is InChI=1S/C9H10ClNO2/c1-5(10)9(13)7-4-6(11)2-3-8(7)12/h2-5,12H,11H2,1H3. The Hall–Kier alpha value is -1.22. The zero-order valence-corrected chi connectivity index (χ0v) is 7.88. The van der Waals surface area contributed by atoms with Crippen LogP contribution in [0.5, 0.6) is 5.75 Å². The summed E-state index contributed by atoms with van der Waals surface area (Å²) in [6.07, 6.45) is 0. The minimum absolute atomic E-state index is 0.0910. The Labute approximate surface area is 81.1 Å². The number of halogens is 1. The van der Waals surface area contributed by atoms with Gasteiger partial charge in [-0.1, -0.05) is 0 Å². The van der Waals surface area contributed by atoms with E-state index in [1.54, 1.807) is 6.92 Å². The smallest absolute Gasteiger partial charge is 0.184 e. The number of rotatable bonds is 2. The highest BCUT2D eigenvalue weighted by molar-refractivity contribution is 6.34. The van der Waals surface area contributed by atoms with Gasteiger partial charge in [0.05, 0.1) is 10.9 Å². The monoisotopic (exact) mass is 199 g/mol. The summed E-state index contributed by atoms with van der Waals surface area (Å²) in [5, 5.41) is 8.66. The molecule has 70 valence electrons. The maximum atomic E-state index is 11.4. The molecule has 3 nitrogen and oxygen atoms in total. The van der Waals surface area contributed by atoms with E-state index >= 15 is 0 Å². The van der Waals surface area contributed by atoms with Crippen molar-refractivity contribution in [3.05, 3.63) is 23.8 Å². The molecule has 0 saturated heterocycles. The van der Waals surface area contributed by atoms with Crippen molar-refractivity contribution in [1.82, 2.24) is 0 Å². The number of aromatic hydroxyl groups is 1. The van der Waals surface area contributed by atoms with Gasteiger partial charge < -0.3 is 10.8 Å². The molecule has 0 bridgehead atoms. The van der Waals surface area contributed by atoms with E-state index in [1.807, 2.05) is 0 Å². The highest BCUT2D eigenvalue weighted by Crippen LogP contribution is 2.22. The van der Waals surface area contributed by atoms with E-state index in [9.17, 15) is 9.90 Å². The fraction of sp³-hybridized carbons (Fsp3) is 0.222. The normalized spacial score (nSPS) is 12.5. The predicted octanol–water partition coefficient (Wildman–Crippen LogP) is 1.78. The van der Waals surface area contributed by atoms with Crippen LogP contribution in [0.25, 0.3) is 0 Å².